The zero-order chi connectivity index (χ0) is 23.6. The second-order valence-electron chi connectivity index (χ2n) is 8.17. The van der Waals surface area contributed by atoms with Crippen molar-refractivity contribution < 1.29 is 9.59 Å². The number of aryl methyl sites for hydroxylation is 2. The van der Waals surface area contributed by atoms with Crippen molar-refractivity contribution in [3.05, 3.63) is 87.6 Å². The summed E-state index contributed by atoms with van der Waals surface area (Å²) < 4.78 is 0. The third-order valence-electron chi connectivity index (χ3n) is 5.56. The van der Waals surface area contributed by atoms with Crippen LogP contribution in [0.5, 0.6) is 0 Å². The Morgan fingerprint density at radius 2 is 1.67 bits per heavy atom. The highest BCUT2D eigenvalue weighted by molar-refractivity contribution is 7.10. The van der Waals surface area contributed by atoms with Gasteiger partial charge in [-0.25, -0.2) is 4.79 Å². The number of hydrogen-bond acceptors (Lipinski definition) is 3. The van der Waals surface area contributed by atoms with Crippen LogP contribution in [0.3, 0.4) is 0 Å². The van der Waals surface area contributed by atoms with Crippen LogP contribution in [-0.4, -0.2) is 34.8 Å². The normalized spacial score (nSPS) is 10.6. The number of hydrogen-bond donors (Lipinski definition) is 1. The maximum atomic E-state index is 13.4. The maximum absolute atomic E-state index is 13.4. The summed E-state index contributed by atoms with van der Waals surface area (Å²) in [6.07, 6.45) is 1.68. The van der Waals surface area contributed by atoms with E-state index in [1.54, 1.807) is 16.2 Å². The summed E-state index contributed by atoms with van der Waals surface area (Å²) in [6.45, 7) is 7.78. The first-order chi connectivity index (χ1) is 16.0. The molecule has 6 heteroatoms. The van der Waals surface area contributed by atoms with E-state index in [9.17, 15) is 9.59 Å². The van der Waals surface area contributed by atoms with Gasteiger partial charge in [0.25, 0.3) is 0 Å². The molecule has 2 aromatic carbocycles. The largest absolute Gasteiger partial charge is 0.332 e. The lowest BCUT2D eigenvalue weighted by molar-refractivity contribution is -0.133. The van der Waals surface area contributed by atoms with E-state index in [0.717, 1.165) is 29.7 Å². The standard InChI is InChI=1S/C27H33N3O2S/c1-4-15-29(27(32)28-24-13-9-12-22(5-2)17-24)20-26(31)30(18-23-10-7-6-8-11-23)19-25-21(3)14-16-33-25/h6-14,16-17H,4-5,15,18-20H2,1-3H3,(H,28,32). The van der Waals surface area contributed by atoms with Gasteiger partial charge in [0, 0.05) is 23.7 Å². The number of thiophene rings is 1. The Morgan fingerprint density at radius 3 is 2.33 bits per heavy atom. The Labute approximate surface area is 201 Å². The summed E-state index contributed by atoms with van der Waals surface area (Å²) in [6, 6.07) is 19.7. The number of nitrogens with one attached hydrogen (secondary N) is 1. The van der Waals surface area contributed by atoms with Crippen LogP contribution >= 0.6 is 11.3 Å². The fraction of sp³-hybridized carbons (Fsp3) is 0.333. The van der Waals surface area contributed by atoms with E-state index in [-0.39, 0.29) is 18.5 Å². The Bertz CT molecular complexity index is 1050. The molecule has 0 aliphatic rings. The van der Waals surface area contributed by atoms with Crippen LogP contribution in [0, 0.1) is 6.92 Å². The van der Waals surface area contributed by atoms with Crippen molar-refractivity contribution in [2.24, 2.45) is 0 Å². The van der Waals surface area contributed by atoms with Gasteiger partial charge in [0.15, 0.2) is 0 Å². The molecular weight excluding hydrogens is 430 g/mol. The summed E-state index contributed by atoms with van der Waals surface area (Å²) >= 11 is 1.66. The predicted octanol–water partition coefficient (Wildman–Crippen LogP) is 6.09. The van der Waals surface area contributed by atoms with Crippen molar-refractivity contribution in [2.75, 3.05) is 18.4 Å². The maximum Gasteiger partial charge on any atom is 0.322 e. The summed E-state index contributed by atoms with van der Waals surface area (Å²) in [5, 5.41) is 5.02. The number of nitrogens with zero attached hydrogens (tertiary/aromatic N) is 2. The molecule has 0 atom stereocenters. The Balaban J connectivity index is 1.74. The summed E-state index contributed by atoms with van der Waals surface area (Å²) in [4.78, 5) is 31.1. The van der Waals surface area contributed by atoms with Gasteiger partial charge in [-0.3, -0.25) is 4.79 Å². The molecular formula is C27H33N3O2S. The quantitative estimate of drug-likeness (QED) is 0.395. The molecule has 5 nitrogen and oxygen atoms in total. The molecule has 0 aliphatic carbocycles. The highest BCUT2D eigenvalue weighted by atomic mass is 32.1. The first-order valence-corrected chi connectivity index (χ1v) is 12.4. The average molecular weight is 464 g/mol. The zero-order valence-electron chi connectivity index (χ0n) is 19.7. The van der Waals surface area contributed by atoms with Crippen LogP contribution in [-0.2, 0) is 24.3 Å². The van der Waals surface area contributed by atoms with E-state index >= 15 is 0 Å². The van der Waals surface area contributed by atoms with Crippen LogP contribution in [0.15, 0.2) is 66.0 Å². The highest BCUT2D eigenvalue weighted by Crippen LogP contribution is 2.20. The highest BCUT2D eigenvalue weighted by Gasteiger charge is 2.22. The van der Waals surface area contributed by atoms with Gasteiger partial charge in [0.05, 0.1) is 6.54 Å². The Hall–Kier alpha value is -3.12. The smallest absolute Gasteiger partial charge is 0.322 e. The minimum absolute atomic E-state index is 0.0460. The minimum atomic E-state index is -0.245. The molecule has 0 fully saturated rings. The Kier molecular flexibility index (Phi) is 9.07. The summed E-state index contributed by atoms with van der Waals surface area (Å²) in [5.41, 5.74) is 4.17. The number of amides is 3. The first-order valence-electron chi connectivity index (χ1n) is 11.5. The fourth-order valence-electron chi connectivity index (χ4n) is 3.63. The van der Waals surface area contributed by atoms with Crippen molar-refractivity contribution in [1.82, 2.24) is 9.80 Å². The number of rotatable bonds is 10. The first kappa shape index (κ1) is 24.5. The van der Waals surface area contributed by atoms with Gasteiger partial charge in [0.1, 0.15) is 6.54 Å². The molecule has 3 aromatic rings. The molecule has 33 heavy (non-hydrogen) atoms. The molecule has 3 rings (SSSR count). The molecule has 0 radical (unpaired) electrons. The third-order valence-corrected chi connectivity index (χ3v) is 6.57. The predicted molar refractivity (Wildman–Crippen MR) is 136 cm³/mol. The van der Waals surface area contributed by atoms with E-state index in [0.29, 0.717) is 19.6 Å². The lowest BCUT2D eigenvalue weighted by Gasteiger charge is -2.28. The van der Waals surface area contributed by atoms with Crippen molar-refractivity contribution in [2.45, 2.75) is 46.7 Å². The lowest BCUT2D eigenvalue weighted by Crippen LogP contribution is -2.44. The molecule has 0 saturated carbocycles. The van der Waals surface area contributed by atoms with Crippen LogP contribution in [0.25, 0.3) is 0 Å². The van der Waals surface area contributed by atoms with Crippen LogP contribution in [0.1, 0.15) is 41.8 Å². The van der Waals surface area contributed by atoms with E-state index in [1.807, 2.05) is 66.4 Å². The summed E-state index contributed by atoms with van der Waals surface area (Å²) in [7, 11) is 0. The average Bonchev–Trinajstić information content (AvgIpc) is 3.23. The Morgan fingerprint density at radius 1 is 0.909 bits per heavy atom. The van der Waals surface area contributed by atoms with E-state index in [4.69, 9.17) is 0 Å². The van der Waals surface area contributed by atoms with Gasteiger partial charge in [-0.2, -0.15) is 0 Å². The number of carbonyl (C=O) groups is 2. The second kappa shape index (κ2) is 12.2. The molecule has 1 heterocycles. The van der Waals surface area contributed by atoms with Crippen molar-refractivity contribution in [1.29, 1.82) is 0 Å². The zero-order valence-corrected chi connectivity index (χ0v) is 20.5. The van der Waals surface area contributed by atoms with Crippen molar-refractivity contribution >= 4 is 29.0 Å². The second-order valence-corrected chi connectivity index (χ2v) is 9.17. The topological polar surface area (TPSA) is 52.7 Å². The fourth-order valence-corrected chi connectivity index (χ4v) is 4.55. The molecule has 0 spiro atoms. The summed E-state index contributed by atoms with van der Waals surface area (Å²) in [5.74, 6) is -0.0578. The van der Waals surface area contributed by atoms with Gasteiger partial charge >= 0.3 is 6.03 Å². The molecule has 0 bridgehead atoms. The molecule has 0 aliphatic heterocycles. The van der Waals surface area contributed by atoms with Crippen LogP contribution in [0.4, 0.5) is 10.5 Å². The monoisotopic (exact) mass is 463 g/mol. The SMILES string of the molecule is CCCN(CC(=O)N(Cc1ccccc1)Cc1sccc1C)C(=O)Nc1cccc(CC)c1. The van der Waals surface area contributed by atoms with Crippen LogP contribution < -0.4 is 5.32 Å². The molecule has 0 saturated heterocycles. The number of urea groups is 1. The van der Waals surface area contributed by atoms with Gasteiger partial charge in [0.2, 0.25) is 5.91 Å². The lowest BCUT2D eigenvalue weighted by atomic mass is 10.1. The van der Waals surface area contributed by atoms with Crippen LogP contribution in [0.2, 0.25) is 0 Å². The molecule has 174 valence electrons. The van der Waals surface area contributed by atoms with Gasteiger partial charge in [-0.05, 0) is 60.0 Å². The van der Waals surface area contributed by atoms with Gasteiger partial charge in [-0.1, -0.05) is 56.3 Å². The molecule has 1 aromatic heterocycles. The van der Waals surface area contributed by atoms with Crippen molar-refractivity contribution in [3.63, 3.8) is 0 Å². The van der Waals surface area contributed by atoms with Crippen molar-refractivity contribution in [3.8, 4) is 0 Å². The number of benzene rings is 2. The minimum Gasteiger partial charge on any atom is -0.332 e. The van der Waals surface area contributed by atoms with E-state index < -0.39 is 0 Å². The van der Waals surface area contributed by atoms with E-state index in [2.05, 4.69) is 30.6 Å². The third kappa shape index (κ3) is 7.19. The number of anilines is 1. The van der Waals surface area contributed by atoms with E-state index in [1.165, 1.54) is 10.4 Å². The molecule has 1 N–H and O–H groups in total. The van der Waals surface area contributed by atoms with Gasteiger partial charge < -0.3 is 15.1 Å². The molecule has 3 amide bonds. The molecule has 0 unspecified atom stereocenters. The number of carbonyl (C=O) groups excluding carboxylic acids is 2. The van der Waals surface area contributed by atoms with Gasteiger partial charge in [-0.15, -0.1) is 11.3 Å².